The number of hydrogen-bond donors (Lipinski definition) is 1. The molecular weight excluding hydrogens is 352 g/mol. The summed E-state index contributed by atoms with van der Waals surface area (Å²) in [6, 6.07) is 3.84. The van der Waals surface area contributed by atoms with Gasteiger partial charge < -0.3 is 14.3 Å². The molecule has 136 valence electrons. The molecule has 9 heteroatoms. The van der Waals surface area contributed by atoms with Crippen molar-refractivity contribution in [1.29, 1.82) is 0 Å². The monoisotopic (exact) mass is 372 g/mol. The molecule has 0 aliphatic carbocycles. The Bertz CT molecular complexity index is 970. The lowest BCUT2D eigenvalue weighted by molar-refractivity contribution is -0.116. The summed E-state index contributed by atoms with van der Waals surface area (Å²) in [4.78, 5) is 12.2. The van der Waals surface area contributed by atoms with Crippen LogP contribution in [0.3, 0.4) is 0 Å². The molecular formula is C17H20N6O2S. The largest absolute Gasteiger partial charge is 0.454 e. The van der Waals surface area contributed by atoms with Gasteiger partial charge in [0.1, 0.15) is 17.9 Å². The number of hydrogen-bond acceptors (Lipinski definition) is 6. The van der Waals surface area contributed by atoms with E-state index in [1.807, 2.05) is 30.8 Å². The molecule has 3 aromatic heterocycles. The van der Waals surface area contributed by atoms with E-state index in [1.165, 1.54) is 11.8 Å². The van der Waals surface area contributed by atoms with Crippen molar-refractivity contribution in [1.82, 2.24) is 24.5 Å². The molecule has 0 bridgehead atoms. The Morgan fingerprint density at radius 2 is 2.15 bits per heavy atom. The Morgan fingerprint density at radius 3 is 2.85 bits per heavy atom. The summed E-state index contributed by atoms with van der Waals surface area (Å²) in [5.41, 5.74) is 2.04. The summed E-state index contributed by atoms with van der Waals surface area (Å²) in [6.07, 6.45) is 1.99. The average Bonchev–Trinajstić information content (AvgIpc) is 3.29. The van der Waals surface area contributed by atoms with Crippen LogP contribution in [0.1, 0.15) is 49.1 Å². The van der Waals surface area contributed by atoms with Crippen LogP contribution in [-0.2, 0) is 18.9 Å². The highest BCUT2D eigenvalue weighted by molar-refractivity contribution is 7.99. The molecule has 1 aliphatic heterocycles. The normalized spacial score (nSPS) is 16.8. The third kappa shape index (κ3) is 2.82. The van der Waals surface area contributed by atoms with Crippen LogP contribution in [0.15, 0.2) is 33.1 Å². The van der Waals surface area contributed by atoms with E-state index in [-0.39, 0.29) is 17.7 Å². The number of nitrogens with one attached hydrogen (secondary N) is 1. The lowest BCUT2D eigenvalue weighted by Crippen LogP contribution is -2.24. The van der Waals surface area contributed by atoms with Gasteiger partial charge >= 0.3 is 0 Å². The van der Waals surface area contributed by atoms with Gasteiger partial charge in [0.25, 0.3) is 0 Å². The van der Waals surface area contributed by atoms with Crippen molar-refractivity contribution >= 4 is 23.5 Å². The van der Waals surface area contributed by atoms with Crippen LogP contribution in [0, 0.1) is 0 Å². The van der Waals surface area contributed by atoms with Gasteiger partial charge in [-0.1, -0.05) is 13.8 Å². The molecule has 1 N–H and O–H groups in total. The highest BCUT2D eigenvalue weighted by Crippen LogP contribution is 2.42. The van der Waals surface area contributed by atoms with Gasteiger partial charge in [-0.15, -0.1) is 10.2 Å². The molecule has 0 aromatic carbocycles. The summed E-state index contributed by atoms with van der Waals surface area (Å²) >= 11 is 1.40. The van der Waals surface area contributed by atoms with Crippen LogP contribution in [0.2, 0.25) is 0 Å². The molecule has 26 heavy (non-hydrogen) atoms. The number of nitrogens with zero attached hydrogens (tertiary/aromatic N) is 5. The van der Waals surface area contributed by atoms with Gasteiger partial charge in [-0.3, -0.25) is 9.48 Å². The maximum absolute atomic E-state index is 12.2. The molecule has 0 unspecified atom stereocenters. The van der Waals surface area contributed by atoms with E-state index in [9.17, 15) is 4.79 Å². The van der Waals surface area contributed by atoms with Gasteiger partial charge in [0.05, 0.1) is 11.6 Å². The maximum Gasteiger partial charge on any atom is 0.226 e. The van der Waals surface area contributed by atoms with E-state index in [0.29, 0.717) is 6.42 Å². The molecule has 4 heterocycles. The first-order valence-electron chi connectivity index (χ1n) is 8.42. The van der Waals surface area contributed by atoms with Gasteiger partial charge in [-0.25, -0.2) is 0 Å². The van der Waals surface area contributed by atoms with Crippen LogP contribution >= 0.6 is 11.8 Å². The molecule has 1 aliphatic rings. The van der Waals surface area contributed by atoms with Gasteiger partial charge in [0.2, 0.25) is 5.91 Å². The van der Waals surface area contributed by atoms with Crippen molar-refractivity contribution in [2.75, 3.05) is 5.32 Å². The molecule has 0 saturated carbocycles. The molecule has 4 rings (SSSR count). The lowest BCUT2D eigenvalue weighted by Gasteiger charge is -2.23. The smallest absolute Gasteiger partial charge is 0.226 e. The van der Waals surface area contributed by atoms with Gasteiger partial charge in [0, 0.05) is 26.1 Å². The molecule has 0 radical (unpaired) electrons. The van der Waals surface area contributed by atoms with Crippen molar-refractivity contribution in [2.45, 2.75) is 42.4 Å². The molecule has 0 fully saturated rings. The fraction of sp³-hybridized carbons (Fsp3) is 0.412. The number of rotatable bonds is 4. The third-order valence-corrected chi connectivity index (χ3v) is 5.44. The van der Waals surface area contributed by atoms with E-state index in [1.54, 1.807) is 11.0 Å². The van der Waals surface area contributed by atoms with Crippen molar-refractivity contribution in [3.8, 4) is 0 Å². The first-order chi connectivity index (χ1) is 12.4. The minimum absolute atomic E-state index is 0.0280. The molecule has 1 atom stereocenters. The topological polar surface area (TPSA) is 90.8 Å². The van der Waals surface area contributed by atoms with Crippen LogP contribution in [0.25, 0.3) is 0 Å². The number of anilines is 1. The second kappa shape index (κ2) is 6.31. The van der Waals surface area contributed by atoms with E-state index >= 15 is 0 Å². The highest BCUT2D eigenvalue weighted by Gasteiger charge is 2.35. The summed E-state index contributed by atoms with van der Waals surface area (Å²) in [5, 5.41) is 17.0. The van der Waals surface area contributed by atoms with Crippen molar-refractivity contribution in [3.05, 3.63) is 35.5 Å². The summed E-state index contributed by atoms with van der Waals surface area (Å²) in [5.74, 6) is 1.61. The second-order valence-electron chi connectivity index (χ2n) is 6.71. The fourth-order valence-electron chi connectivity index (χ4n) is 3.22. The second-order valence-corrected chi connectivity index (χ2v) is 7.69. The summed E-state index contributed by atoms with van der Waals surface area (Å²) < 4.78 is 9.64. The van der Waals surface area contributed by atoms with Crippen LogP contribution < -0.4 is 5.32 Å². The van der Waals surface area contributed by atoms with Crippen molar-refractivity contribution in [3.63, 3.8) is 0 Å². The minimum Gasteiger partial charge on any atom is -0.454 e. The van der Waals surface area contributed by atoms with E-state index in [4.69, 9.17) is 4.42 Å². The number of aryl methyl sites for hydroxylation is 2. The quantitative estimate of drug-likeness (QED) is 0.757. The number of aromatic nitrogens is 5. The zero-order valence-corrected chi connectivity index (χ0v) is 15.9. The molecule has 1 amide bonds. The molecule has 3 aromatic rings. The predicted octanol–water partition coefficient (Wildman–Crippen LogP) is 2.89. The third-order valence-electron chi connectivity index (χ3n) is 4.46. The summed E-state index contributed by atoms with van der Waals surface area (Å²) in [7, 11) is 3.74. The Hall–Kier alpha value is -2.55. The molecule has 8 nitrogen and oxygen atoms in total. The maximum atomic E-state index is 12.2. The van der Waals surface area contributed by atoms with Crippen LogP contribution in [-0.4, -0.2) is 30.5 Å². The van der Waals surface area contributed by atoms with Crippen molar-refractivity contribution in [2.24, 2.45) is 14.1 Å². The van der Waals surface area contributed by atoms with E-state index in [2.05, 4.69) is 34.5 Å². The first-order valence-corrected chi connectivity index (χ1v) is 9.24. The fourth-order valence-corrected chi connectivity index (χ4v) is 3.96. The zero-order chi connectivity index (χ0) is 18.4. The summed E-state index contributed by atoms with van der Waals surface area (Å²) in [6.45, 7) is 4.21. The van der Waals surface area contributed by atoms with Crippen LogP contribution in [0.4, 0.5) is 5.82 Å². The van der Waals surface area contributed by atoms with Gasteiger partial charge in [-0.05, 0) is 29.8 Å². The number of carbonyl (C=O) groups excluding carboxylic acids is 1. The van der Waals surface area contributed by atoms with E-state index in [0.717, 1.165) is 33.1 Å². The highest BCUT2D eigenvalue weighted by atomic mass is 32.2. The van der Waals surface area contributed by atoms with Crippen LogP contribution in [0.5, 0.6) is 0 Å². The number of carbonyl (C=O) groups is 1. The Morgan fingerprint density at radius 1 is 1.35 bits per heavy atom. The minimum atomic E-state index is -0.140. The van der Waals surface area contributed by atoms with Gasteiger partial charge in [0.15, 0.2) is 10.2 Å². The number of amides is 1. The first kappa shape index (κ1) is 16.9. The molecule has 0 saturated heterocycles. The SMILES string of the molecule is CC(C)c1nn(C)c2c1[C@H](c1ccc(Sc3nncn3C)o1)CC(=O)N2. The standard InChI is InChI=1S/C17H20N6O2S/c1-9(2)15-14-10(7-12(24)19-16(14)23(4)21-15)11-5-6-13(25-11)26-17-20-18-8-22(17)3/h5-6,8-10H,7H2,1-4H3,(H,19,24)/t10-/m0/s1. The number of fused-ring (bicyclic) bond motifs is 1. The zero-order valence-electron chi connectivity index (χ0n) is 15.1. The van der Waals surface area contributed by atoms with Crippen molar-refractivity contribution < 1.29 is 9.21 Å². The average molecular weight is 372 g/mol. The predicted molar refractivity (Wildman–Crippen MR) is 96.2 cm³/mol. The number of furan rings is 1. The van der Waals surface area contributed by atoms with Gasteiger partial charge in [-0.2, -0.15) is 5.10 Å². The Labute approximate surface area is 155 Å². The van der Waals surface area contributed by atoms with E-state index < -0.39 is 0 Å². The molecule has 0 spiro atoms. The Kier molecular flexibility index (Phi) is 4.10. The lowest BCUT2D eigenvalue weighted by atomic mass is 9.87. The Balaban J connectivity index is 1.71.